The van der Waals surface area contributed by atoms with Gasteiger partial charge in [0.05, 0.1) is 0 Å². The van der Waals surface area contributed by atoms with Crippen LogP contribution in [0.5, 0.6) is 0 Å². The minimum Gasteiger partial charge on any atom is -0.348 e. The minimum atomic E-state index is -0.212. The van der Waals surface area contributed by atoms with Crippen molar-refractivity contribution >= 4 is 5.91 Å². The standard InChI is InChI=1S/C19H21FN2O/c1-13-4-2-7-18(21-13)19(23)22-17-6-3-5-15(17)12-14-8-10-16(20)11-9-14/h2,4,7-11,15,17H,3,5-6,12H2,1H3,(H,22,23)/t15-,17-/m1/s1. The maximum Gasteiger partial charge on any atom is 0.270 e. The van der Waals surface area contributed by atoms with Crippen LogP contribution in [0, 0.1) is 18.7 Å². The number of pyridine rings is 1. The molecule has 120 valence electrons. The van der Waals surface area contributed by atoms with Crippen molar-refractivity contribution in [1.29, 1.82) is 0 Å². The summed E-state index contributed by atoms with van der Waals surface area (Å²) >= 11 is 0. The molecule has 3 nitrogen and oxygen atoms in total. The van der Waals surface area contributed by atoms with E-state index in [2.05, 4.69) is 10.3 Å². The molecule has 1 heterocycles. The Balaban J connectivity index is 1.64. The first kappa shape index (κ1) is 15.7. The van der Waals surface area contributed by atoms with E-state index >= 15 is 0 Å². The second-order valence-electron chi connectivity index (χ2n) is 6.27. The molecule has 1 aromatic heterocycles. The summed E-state index contributed by atoms with van der Waals surface area (Å²) in [5.74, 6) is 0.0782. The molecule has 23 heavy (non-hydrogen) atoms. The second-order valence-corrected chi connectivity index (χ2v) is 6.27. The summed E-state index contributed by atoms with van der Waals surface area (Å²) in [4.78, 5) is 16.7. The summed E-state index contributed by atoms with van der Waals surface area (Å²) in [6, 6.07) is 12.3. The van der Waals surface area contributed by atoms with Crippen molar-refractivity contribution in [3.8, 4) is 0 Å². The molecule has 1 fully saturated rings. The highest BCUT2D eigenvalue weighted by molar-refractivity contribution is 5.92. The van der Waals surface area contributed by atoms with Gasteiger partial charge < -0.3 is 5.32 Å². The van der Waals surface area contributed by atoms with Crippen molar-refractivity contribution in [3.63, 3.8) is 0 Å². The molecule has 0 radical (unpaired) electrons. The molecular formula is C19H21FN2O. The number of benzene rings is 1. The largest absolute Gasteiger partial charge is 0.348 e. The van der Waals surface area contributed by atoms with Gasteiger partial charge in [-0.1, -0.05) is 24.6 Å². The molecule has 0 unspecified atom stereocenters. The number of rotatable bonds is 4. The summed E-state index contributed by atoms with van der Waals surface area (Å²) in [5.41, 5.74) is 2.43. The van der Waals surface area contributed by atoms with Crippen molar-refractivity contribution in [1.82, 2.24) is 10.3 Å². The van der Waals surface area contributed by atoms with Crippen LogP contribution in [0.1, 0.15) is 41.0 Å². The summed E-state index contributed by atoms with van der Waals surface area (Å²) in [6.07, 6.45) is 4.05. The van der Waals surface area contributed by atoms with E-state index in [1.165, 1.54) is 12.1 Å². The van der Waals surface area contributed by atoms with Gasteiger partial charge in [0.25, 0.3) is 5.91 Å². The van der Waals surface area contributed by atoms with Gasteiger partial charge in [-0.25, -0.2) is 9.37 Å². The van der Waals surface area contributed by atoms with Crippen molar-refractivity contribution in [2.75, 3.05) is 0 Å². The molecule has 4 heteroatoms. The van der Waals surface area contributed by atoms with Crippen molar-refractivity contribution in [2.24, 2.45) is 5.92 Å². The van der Waals surface area contributed by atoms with Gasteiger partial charge in [0.2, 0.25) is 0 Å². The third-order valence-electron chi connectivity index (χ3n) is 4.51. The summed E-state index contributed by atoms with van der Waals surface area (Å²) in [5, 5.41) is 3.13. The Morgan fingerprint density at radius 1 is 1.22 bits per heavy atom. The lowest BCUT2D eigenvalue weighted by molar-refractivity contribution is 0.0922. The van der Waals surface area contributed by atoms with Gasteiger partial charge in [-0.2, -0.15) is 0 Å². The van der Waals surface area contributed by atoms with Crippen LogP contribution in [0.3, 0.4) is 0 Å². The van der Waals surface area contributed by atoms with E-state index in [0.29, 0.717) is 11.6 Å². The topological polar surface area (TPSA) is 42.0 Å². The van der Waals surface area contributed by atoms with Crippen LogP contribution in [-0.4, -0.2) is 16.9 Å². The van der Waals surface area contributed by atoms with E-state index < -0.39 is 0 Å². The van der Waals surface area contributed by atoms with Crippen LogP contribution < -0.4 is 5.32 Å². The maximum atomic E-state index is 13.0. The predicted octanol–water partition coefficient (Wildman–Crippen LogP) is 3.67. The van der Waals surface area contributed by atoms with E-state index in [4.69, 9.17) is 0 Å². The molecule has 1 aromatic carbocycles. The van der Waals surface area contributed by atoms with Crippen molar-refractivity contribution < 1.29 is 9.18 Å². The number of nitrogens with zero attached hydrogens (tertiary/aromatic N) is 1. The first-order chi connectivity index (χ1) is 11.1. The number of amides is 1. The Morgan fingerprint density at radius 3 is 2.74 bits per heavy atom. The zero-order valence-corrected chi connectivity index (χ0v) is 13.3. The molecule has 0 aliphatic heterocycles. The van der Waals surface area contributed by atoms with Gasteiger partial charge in [-0.15, -0.1) is 0 Å². The highest BCUT2D eigenvalue weighted by atomic mass is 19.1. The van der Waals surface area contributed by atoms with Gasteiger partial charge in [0.15, 0.2) is 0 Å². The third kappa shape index (κ3) is 3.95. The normalized spacial score (nSPS) is 20.4. The molecule has 2 atom stereocenters. The van der Waals surface area contributed by atoms with E-state index in [1.54, 1.807) is 6.07 Å². The molecule has 1 aliphatic carbocycles. The van der Waals surface area contributed by atoms with Gasteiger partial charge >= 0.3 is 0 Å². The van der Waals surface area contributed by atoms with Gasteiger partial charge in [0.1, 0.15) is 11.5 Å². The number of halogens is 1. The van der Waals surface area contributed by atoms with Crippen LogP contribution >= 0.6 is 0 Å². The van der Waals surface area contributed by atoms with Crippen LogP contribution in [0.15, 0.2) is 42.5 Å². The Bertz CT molecular complexity index is 684. The number of aryl methyl sites for hydroxylation is 1. The molecule has 3 rings (SSSR count). The van der Waals surface area contributed by atoms with Crippen molar-refractivity contribution in [3.05, 3.63) is 65.2 Å². The Hall–Kier alpha value is -2.23. The number of carbonyl (C=O) groups excluding carboxylic acids is 1. The average Bonchev–Trinajstić information content (AvgIpc) is 2.96. The minimum absolute atomic E-state index is 0.107. The molecule has 1 aliphatic rings. The molecular weight excluding hydrogens is 291 g/mol. The highest BCUT2D eigenvalue weighted by Gasteiger charge is 2.29. The van der Waals surface area contributed by atoms with Gasteiger partial charge in [-0.05, 0) is 61.9 Å². The predicted molar refractivity (Wildman–Crippen MR) is 87.7 cm³/mol. The molecule has 1 amide bonds. The molecule has 0 spiro atoms. The Labute approximate surface area is 135 Å². The smallest absolute Gasteiger partial charge is 0.270 e. The number of carbonyl (C=O) groups is 1. The monoisotopic (exact) mass is 312 g/mol. The number of aromatic nitrogens is 1. The fraction of sp³-hybridized carbons (Fsp3) is 0.368. The van der Waals surface area contributed by atoms with E-state index in [9.17, 15) is 9.18 Å². The third-order valence-corrected chi connectivity index (χ3v) is 4.51. The Kier molecular flexibility index (Phi) is 4.70. The molecule has 1 saturated carbocycles. The maximum absolute atomic E-state index is 13.0. The zero-order valence-electron chi connectivity index (χ0n) is 13.3. The van der Waals surface area contributed by atoms with Gasteiger partial charge in [-0.3, -0.25) is 4.79 Å². The fourth-order valence-corrected chi connectivity index (χ4v) is 3.31. The van der Waals surface area contributed by atoms with Crippen LogP contribution in [0.2, 0.25) is 0 Å². The van der Waals surface area contributed by atoms with Crippen LogP contribution in [0.25, 0.3) is 0 Å². The number of hydrogen-bond donors (Lipinski definition) is 1. The average molecular weight is 312 g/mol. The van der Waals surface area contributed by atoms with Crippen LogP contribution in [0.4, 0.5) is 4.39 Å². The first-order valence-electron chi connectivity index (χ1n) is 8.11. The summed E-state index contributed by atoms with van der Waals surface area (Å²) < 4.78 is 13.0. The lowest BCUT2D eigenvalue weighted by Gasteiger charge is -2.21. The van der Waals surface area contributed by atoms with E-state index in [-0.39, 0.29) is 17.8 Å². The van der Waals surface area contributed by atoms with E-state index in [0.717, 1.165) is 36.9 Å². The highest BCUT2D eigenvalue weighted by Crippen LogP contribution is 2.29. The summed E-state index contributed by atoms with van der Waals surface area (Å²) in [7, 11) is 0. The molecule has 0 bridgehead atoms. The first-order valence-corrected chi connectivity index (χ1v) is 8.11. The van der Waals surface area contributed by atoms with Gasteiger partial charge in [0, 0.05) is 11.7 Å². The molecule has 2 aromatic rings. The Morgan fingerprint density at radius 2 is 2.00 bits per heavy atom. The fourth-order valence-electron chi connectivity index (χ4n) is 3.31. The second kappa shape index (κ2) is 6.90. The van der Waals surface area contributed by atoms with E-state index in [1.807, 2.05) is 31.2 Å². The van der Waals surface area contributed by atoms with Crippen molar-refractivity contribution in [2.45, 2.75) is 38.6 Å². The number of hydrogen-bond acceptors (Lipinski definition) is 2. The lowest BCUT2D eigenvalue weighted by Crippen LogP contribution is -2.38. The van der Waals surface area contributed by atoms with Crippen LogP contribution in [-0.2, 0) is 6.42 Å². The summed E-state index contributed by atoms with van der Waals surface area (Å²) in [6.45, 7) is 1.88. The SMILES string of the molecule is Cc1cccc(C(=O)N[C@@H]2CCC[C@@H]2Cc2ccc(F)cc2)n1. The zero-order chi connectivity index (χ0) is 16.2. The number of nitrogens with one attached hydrogen (secondary N) is 1. The molecule has 1 N–H and O–H groups in total. The quantitative estimate of drug-likeness (QED) is 0.936. The lowest BCUT2D eigenvalue weighted by atomic mass is 9.94. The molecule has 0 saturated heterocycles.